The van der Waals surface area contributed by atoms with Gasteiger partial charge in [0.15, 0.2) is 5.78 Å². The number of anilines is 1. The number of para-hydroxylation sites is 1. The third kappa shape index (κ3) is 6.45. The van der Waals surface area contributed by atoms with Crippen LogP contribution in [0.1, 0.15) is 55.1 Å². The Balaban J connectivity index is 0.937. The fraction of sp³-hybridized carbons (Fsp3) is 0.233. The Morgan fingerprint density at radius 3 is 2.56 bits per heavy atom. The second-order valence-corrected chi connectivity index (χ2v) is 15.1. The third-order valence-electron chi connectivity index (χ3n) is 10.8. The number of carboxylic acids is 1. The van der Waals surface area contributed by atoms with Crippen LogP contribution in [0.3, 0.4) is 0 Å². The minimum absolute atomic E-state index is 0.0619. The number of allylic oxidation sites excluding steroid dienone is 1. The maximum absolute atomic E-state index is 13.5. The smallest absolute Gasteiger partial charge is 0.308 e. The number of nitrogens with one attached hydrogen (secondary N) is 1. The lowest BCUT2D eigenvalue weighted by atomic mass is 9.86. The van der Waals surface area contributed by atoms with Crippen molar-refractivity contribution in [2.24, 2.45) is 10.9 Å². The van der Waals surface area contributed by atoms with Gasteiger partial charge in [-0.2, -0.15) is 0 Å². The van der Waals surface area contributed by atoms with Crippen LogP contribution >= 0.6 is 11.3 Å². The van der Waals surface area contributed by atoms with Crippen LogP contribution in [-0.2, 0) is 28.0 Å². The van der Waals surface area contributed by atoms with E-state index in [4.69, 9.17) is 9.73 Å². The number of thiophene rings is 1. The zero-order valence-electron chi connectivity index (χ0n) is 29.8. The number of benzene rings is 3. The summed E-state index contributed by atoms with van der Waals surface area (Å²) in [7, 11) is 1.58. The SMILES string of the molecule is COc1cc(CC(=O)C2=CC(C)(c3ccc(C4CN(C(=O)c5cccs5)CC4C(=O)O)cc3)N=C2)ccc1-c1cc(C(=O)N2CCc3ccccc32)c[nH]1. The molecule has 5 heterocycles. The van der Waals surface area contributed by atoms with Crippen LogP contribution in [0.4, 0.5) is 5.69 Å². The molecule has 3 aliphatic heterocycles. The fourth-order valence-corrected chi connectivity index (χ4v) is 8.50. The van der Waals surface area contributed by atoms with Gasteiger partial charge in [0.25, 0.3) is 11.8 Å². The molecule has 2 amide bonds. The van der Waals surface area contributed by atoms with Gasteiger partial charge in [-0.1, -0.05) is 54.6 Å². The number of ketones is 1. The van der Waals surface area contributed by atoms with Gasteiger partial charge in [-0.05, 0) is 77.4 Å². The summed E-state index contributed by atoms with van der Waals surface area (Å²) in [6.07, 6.45) is 6.18. The highest BCUT2D eigenvalue weighted by molar-refractivity contribution is 7.12. The van der Waals surface area contributed by atoms with E-state index in [9.17, 15) is 24.3 Å². The number of likely N-dealkylation sites (tertiary alicyclic amines) is 1. The summed E-state index contributed by atoms with van der Waals surface area (Å²) in [6, 6.07) is 26.7. The first-order chi connectivity index (χ1) is 26.1. The molecule has 3 atom stereocenters. The number of Topliss-reactive ketones (excluding diaryl/α,β-unsaturated/α-hetero) is 1. The average Bonchev–Trinajstić information content (AvgIpc) is 4.04. The molecule has 0 bridgehead atoms. The van der Waals surface area contributed by atoms with E-state index in [1.165, 1.54) is 16.9 Å². The van der Waals surface area contributed by atoms with Crippen LogP contribution in [0.25, 0.3) is 11.3 Å². The molecular formula is C43H38N4O6S. The fourth-order valence-electron chi connectivity index (χ4n) is 7.81. The van der Waals surface area contributed by atoms with Crippen LogP contribution in [0, 0.1) is 5.92 Å². The van der Waals surface area contributed by atoms with Gasteiger partial charge in [0.2, 0.25) is 0 Å². The number of H-pyrrole nitrogens is 1. The third-order valence-corrected chi connectivity index (χ3v) is 11.7. The molecule has 3 unspecified atom stereocenters. The zero-order chi connectivity index (χ0) is 37.6. The average molecular weight is 739 g/mol. The van der Waals surface area contributed by atoms with Crippen LogP contribution in [0.5, 0.6) is 5.75 Å². The number of aromatic amines is 1. The minimum Gasteiger partial charge on any atom is -0.496 e. The van der Waals surface area contributed by atoms with E-state index >= 15 is 0 Å². The van der Waals surface area contributed by atoms with Crippen LogP contribution < -0.4 is 9.64 Å². The van der Waals surface area contributed by atoms with E-state index in [0.717, 1.165) is 40.1 Å². The molecule has 272 valence electrons. The van der Waals surface area contributed by atoms with Crippen molar-refractivity contribution in [1.29, 1.82) is 0 Å². The van der Waals surface area contributed by atoms with E-state index in [1.54, 1.807) is 30.5 Å². The Hall–Kier alpha value is -6.07. The number of nitrogens with zero attached hydrogens (tertiary/aromatic N) is 3. The molecule has 0 spiro atoms. The molecule has 11 heteroatoms. The van der Waals surface area contributed by atoms with Gasteiger partial charge in [0, 0.05) is 66.9 Å². The van der Waals surface area contributed by atoms with Crippen molar-refractivity contribution in [1.82, 2.24) is 9.88 Å². The predicted octanol–water partition coefficient (Wildman–Crippen LogP) is 6.93. The summed E-state index contributed by atoms with van der Waals surface area (Å²) in [6.45, 7) is 3.07. The molecule has 5 aromatic rings. The van der Waals surface area contributed by atoms with Crippen LogP contribution in [-0.4, -0.2) is 71.5 Å². The highest BCUT2D eigenvalue weighted by Crippen LogP contribution is 2.38. The molecular weight excluding hydrogens is 701 g/mol. The lowest BCUT2D eigenvalue weighted by Gasteiger charge is -2.21. The monoisotopic (exact) mass is 738 g/mol. The molecule has 54 heavy (non-hydrogen) atoms. The molecule has 0 saturated carbocycles. The molecule has 0 aliphatic carbocycles. The number of methoxy groups -OCH3 is 1. The number of aliphatic imine (C=N–C) groups is 1. The largest absolute Gasteiger partial charge is 0.496 e. The second-order valence-electron chi connectivity index (χ2n) is 14.1. The van der Waals surface area contributed by atoms with E-state index in [2.05, 4.69) is 11.1 Å². The van der Waals surface area contributed by atoms with Crippen LogP contribution in [0.2, 0.25) is 0 Å². The number of ether oxygens (including phenoxy) is 1. The zero-order valence-corrected chi connectivity index (χ0v) is 30.6. The van der Waals surface area contributed by atoms with E-state index in [-0.39, 0.29) is 36.5 Å². The summed E-state index contributed by atoms with van der Waals surface area (Å²) in [5.74, 6) is -1.69. The van der Waals surface area contributed by atoms with Crippen molar-refractivity contribution in [2.45, 2.75) is 31.2 Å². The number of aliphatic carboxylic acids is 1. The Morgan fingerprint density at radius 1 is 0.981 bits per heavy atom. The normalized spacial score (nSPS) is 20.2. The molecule has 1 fully saturated rings. The van der Waals surface area contributed by atoms with Gasteiger partial charge in [-0.15, -0.1) is 11.3 Å². The molecule has 0 radical (unpaired) electrons. The number of carbonyl (C=O) groups excluding carboxylic acids is 3. The molecule has 3 aliphatic rings. The Morgan fingerprint density at radius 2 is 1.80 bits per heavy atom. The lowest BCUT2D eigenvalue weighted by Crippen LogP contribution is -2.29. The van der Waals surface area contributed by atoms with Crippen molar-refractivity contribution < 1.29 is 29.0 Å². The van der Waals surface area contributed by atoms with E-state index in [0.29, 0.717) is 34.9 Å². The van der Waals surface area contributed by atoms with Crippen molar-refractivity contribution in [3.63, 3.8) is 0 Å². The van der Waals surface area contributed by atoms with Gasteiger partial charge in [-0.25, -0.2) is 0 Å². The number of hydrogen-bond acceptors (Lipinski definition) is 7. The summed E-state index contributed by atoms with van der Waals surface area (Å²) in [5, 5.41) is 11.8. The maximum Gasteiger partial charge on any atom is 0.308 e. The summed E-state index contributed by atoms with van der Waals surface area (Å²) in [4.78, 5) is 64.1. The molecule has 10 nitrogen and oxygen atoms in total. The summed E-state index contributed by atoms with van der Waals surface area (Å²) in [5.41, 5.74) is 6.42. The number of carbonyl (C=O) groups is 4. The number of rotatable bonds is 10. The number of fused-ring (bicyclic) bond motifs is 1. The van der Waals surface area contributed by atoms with Crippen molar-refractivity contribution in [3.05, 3.63) is 141 Å². The standard InChI is InChI=1S/C43H38N4O6S/c1-43(31-12-10-27(11-13-31)33-24-46(25-34(33)42(51)52)41(50)39-8-5-17-54-39)21-30(23-45-43)37(48)18-26-9-14-32(38(19-26)53-2)35-20-29(22-44-35)40(49)47-16-15-28-6-3-4-7-36(28)47/h3-14,17,19-23,33-34,44H,15-16,18,24-25H2,1-2H3,(H,51,52). The Kier molecular flexibility index (Phi) is 9.11. The predicted molar refractivity (Wildman–Crippen MR) is 208 cm³/mol. The summed E-state index contributed by atoms with van der Waals surface area (Å²) < 4.78 is 5.74. The maximum atomic E-state index is 13.5. The molecule has 2 N–H and O–H groups in total. The number of amides is 2. The lowest BCUT2D eigenvalue weighted by molar-refractivity contribution is -0.141. The Labute approximate surface area is 316 Å². The van der Waals surface area contributed by atoms with Gasteiger partial charge < -0.3 is 24.6 Å². The second kappa shape index (κ2) is 14.1. The first-order valence-electron chi connectivity index (χ1n) is 17.8. The summed E-state index contributed by atoms with van der Waals surface area (Å²) >= 11 is 1.35. The van der Waals surface area contributed by atoms with Crippen LogP contribution in [0.15, 0.2) is 113 Å². The van der Waals surface area contributed by atoms with Gasteiger partial charge in [0.05, 0.1) is 23.5 Å². The molecule has 8 rings (SSSR count). The van der Waals surface area contributed by atoms with Crippen molar-refractivity contribution in [3.8, 4) is 17.0 Å². The minimum atomic E-state index is -0.925. The van der Waals surface area contributed by atoms with E-state index in [1.807, 2.05) is 96.1 Å². The van der Waals surface area contributed by atoms with Gasteiger partial charge in [-0.3, -0.25) is 24.2 Å². The Bertz CT molecular complexity index is 2340. The van der Waals surface area contributed by atoms with Gasteiger partial charge >= 0.3 is 5.97 Å². The topological polar surface area (TPSA) is 132 Å². The number of hydrogen-bond donors (Lipinski definition) is 2. The van der Waals surface area contributed by atoms with Crippen molar-refractivity contribution in [2.75, 3.05) is 31.6 Å². The van der Waals surface area contributed by atoms with E-state index < -0.39 is 17.4 Å². The number of carboxylic acid groups (broad SMARTS) is 1. The highest BCUT2D eigenvalue weighted by atomic mass is 32.1. The number of aromatic nitrogens is 1. The molecule has 2 aromatic heterocycles. The molecule has 1 saturated heterocycles. The highest BCUT2D eigenvalue weighted by Gasteiger charge is 2.41. The van der Waals surface area contributed by atoms with Crippen molar-refractivity contribution >= 4 is 46.8 Å². The van der Waals surface area contributed by atoms with Gasteiger partial charge in [0.1, 0.15) is 11.3 Å². The first-order valence-corrected chi connectivity index (χ1v) is 18.7. The molecule has 3 aromatic carbocycles. The first kappa shape index (κ1) is 35.0. The quantitative estimate of drug-likeness (QED) is 0.160.